The predicted octanol–water partition coefficient (Wildman–Crippen LogP) is 1.52. The minimum Gasteiger partial charge on any atom is -0.378 e. The van der Waals surface area contributed by atoms with Gasteiger partial charge in [-0.05, 0) is 23.7 Å². The van der Waals surface area contributed by atoms with E-state index >= 15 is 0 Å². The fourth-order valence-corrected chi connectivity index (χ4v) is 2.67. The van der Waals surface area contributed by atoms with Crippen molar-refractivity contribution < 1.29 is 9.53 Å². The van der Waals surface area contributed by atoms with E-state index in [9.17, 15) is 4.79 Å². The van der Waals surface area contributed by atoms with Crippen LogP contribution in [-0.2, 0) is 9.53 Å². The van der Waals surface area contributed by atoms with Gasteiger partial charge in [-0.1, -0.05) is 16.6 Å². The van der Waals surface area contributed by atoms with Gasteiger partial charge in [-0.3, -0.25) is 4.79 Å². The maximum Gasteiger partial charge on any atom is 0.226 e. The number of carbonyl (C=O) groups excluding carboxylic acids is 1. The van der Waals surface area contributed by atoms with Crippen molar-refractivity contribution >= 4 is 23.1 Å². The monoisotopic (exact) mass is 304 g/mol. The summed E-state index contributed by atoms with van der Waals surface area (Å²) in [5, 5.41) is 12.1. The van der Waals surface area contributed by atoms with Crippen LogP contribution < -0.4 is 10.6 Å². The lowest BCUT2D eigenvalue weighted by Crippen LogP contribution is -2.43. The maximum absolute atomic E-state index is 12.0. The number of anilines is 1. The first-order valence-corrected chi connectivity index (χ1v) is 7.63. The van der Waals surface area contributed by atoms with Gasteiger partial charge in [0.1, 0.15) is 5.69 Å². The van der Waals surface area contributed by atoms with Gasteiger partial charge in [0, 0.05) is 35.6 Å². The minimum atomic E-state index is -0.0129. The largest absolute Gasteiger partial charge is 0.378 e. The van der Waals surface area contributed by atoms with Crippen LogP contribution in [0.25, 0.3) is 11.3 Å². The van der Waals surface area contributed by atoms with E-state index in [0.717, 1.165) is 23.5 Å². The Morgan fingerprint density at radius 1 is 1.43 bits per heavy atom. The fourth-order valence-electron chi connectivity index (χ4n) is 2.20. The Labute approximate surface area is 126 Å². The summed E-state index contributed by atoms with van der Waals surface area (Å²) in [4.78, 5) is 12.0. The van der Waals surface area contributed by atoms with Crippen molar-refractivity contribution in [2.24, 2.45) is 0 Å². The molecule has 1 amide bonds. The summed E-state index contributed by atoms with van der Waals surface area (Å²) in [7, 11) is 0. The molecule has 1 atom stereocenters. The second kappa shape index (κ2) is 6.75. The fraction of sp³-hybridized carbons (Fsp3) is 0.357. The molecule has 1 aliphatic heterocycles. The molecule has 1 aromatic heterocycles. The van der Waals surface area contributed by atoms with Crippen LogP contribution in [0, 0.1) is 0 Å². The molecule has 1 fully saturated rings. The third kappa shape index (κ3) is 3.84. The Bertz CT molecular complexity index is 580. The Morgan fingerprint density at radius 2 is 2.29 bits per heavy atom. The lowest BCUT2D eigenvalue weighted by atomic mass is 10.1. The van der Waals surface area contributed by atoms with Crippen LogP contribution >= 0.6 is 11.5 Å². The molecule has 2 N–H and O–H groups in total. The Hall–Kier alpha value is -1.83. The summed E-state index contributed by atoms with van der Waals surface area (Å²) in [6.07, 6.45) is 0.414. The molecular formula is C14H16N4O2S. The minimum absolute atomic E-state index is 0.0129. The maximum atomic E-state index is 12.0. The molecule has 110 valence electrons. The first-order valence-electron chi connectivity index (χ1n) is 6.80. The molecule has 2 aromatic rings. The second-order valence-corrected chi connectivity index (χ2v) is 5.46. The number of rotatable bonds is 4. The number of ether oxygens (including phenoxy) is 1. The van der Waals surface area contributed by atoms with E-state index in [0.29, 0.717) is 19.6 Å². The molecule has 3 rings (SSSR count). The van der Waals surface area contributed by atoms with Crippen LogP contribution in [0.4, 0.5) is 5.69 Å². The number of benzene rings is 1. The Balaban J connectivity index is 1.56. The average molecular weight is 304 g/mol. The van der Waals surface area contributed by atoms with Crippen molar-refractivity contribution in [2.45, 2.75) is 12.5 Å². The lowest BCUT2D eigenvalue weighted by Gasteiger charge is -2.23. The molecule has 0 radical (unpaired) electrons. The summed E-state index contributed by atoms with van der Waals surface area (Å²) in [5.41, 5.74) is 2.62. The normalized spacial score (nSPS) is 18.4. The standard InChI is InChI=1S/C14H16N4O2S/c19-14(7-12-8-20-6-5-15-12)16-11-3-1-10(2-4-11)13-9-21-18-17-13/h1-4,9,12,15H,5-8H2,(H,16,19). The molecule has 1 aliphatic rings. The molecule has 1 saturated heterocycles. The van der Waals surface area contributed by atoms with Crippen LogP contribution in [0.3, 0.4) is 0 Å². The van der Waals surface area contributed by atoms with Gasteiger partial charge < -0.3 is 15.4 Å². The van der Waals surface area contributed by atoms with E-state index < -0.39 is 0 Å². The zero-order valence-electron chi connectivity index (χ0n) is 11.4. The Kier molecular flexibility index (Phi) is 4.54. The molecule has 21 heavy (non-hydrogen) atoms. The molecule has 0 saturated carbocycles. The first-order chi connectivity index (χ1) is 10.3. The molecule has 0 aliphatic carbocycles. The summed E-state index contributed by atoms with van der Waals surface area (Å²) in [6.45, 7) is 2.10. The summed E-state index contributed by atoms with van der Waals surface area (Å²) in [6, 6.07) is 7.69. The van der Waals surface area contributed by atoms with E-state index in [2.05, 4.69) is 20.2 Å². The first kappa shape index (κ1) is 14.1. The van der Waals surface area contributed by atoms with Gasteiger partial charge in [0.2, 0.25) is 5.91 Å². The number of nitrogens with zero attached hydrogens (tertiary/aromatic N) is 2. The van der Waals surface area contributed by atoms with Crippen LogP contribution in [0.15, 0.2) is 29.6 Å². The number of amides is 1. The highest BCUT2D eigenvalue weighted by Crippen LogP contribution is 2.20. The average Bonchev–Trinajstić information content (AvgIpc) is 3.03. The van der Waals surface area contributed by atoms with Crippen molar-refractivity contribution in [2.75, 3.05) is 25.1 Å². The number of aromatic nitrogens is 2. The van der Waals surface area contributed by atoms with Gasteiger partial charge in [-0.15, -0.1) is 5.10 Å². The van der Waals surface area contributed by atoms with Gasteiger partial charge in [-0.25, -0.2) is 0 Å². The van der Waals surface area contributed by atoms with Crippen LogP contribution in [0.2, 0.25) is 0 Å². The molecule has 0 bridgehead atoms. The molecule has 6 nitrogen and oxygen atoms in total. The van der Waals surface area contributed by atoms with Crippen molar-refractivity contribution in [3.63, 3.8) is 0 Å². The number of nitrogens with one attached hydrogen (secondary N) is 2. The molecule has 2 heterocycles. The van der Waals surface area contributed by atoms with Crippen LogP contribution in [0.1, 0.15) is 6.42 Å². The van der Waals surface area contributed by atoms with E-state index in [1.807, 2.05) is 29.6 Å². The highest BCUT2D eigenvalue weighted by atomic mass is 32.1. The van der Waals surface area contributed by atoms with Gasteiger partial charge in [0.05, 0.1) is 13.2 Å². The van der Waals surface area contributed by atoms with Crippen molar-refractivity contribution in [1.29, 1.82) is 0 Å². The number of hydrogen-bond acceptors (Lipinski definition) is 6. The number of carbonyl (C=O) groups is 1. The smallest absolute Gasteiger partial charge is 0.226 e. The van der Waals surface area contributed by atoms with Crippen molar-refractivity contribution in [3.05, 3.63) is 29.6 Å². The summed E-state index contributed by atoms with van der Waals surface area (Å²) < 4.78 is 9.17. The zero-order chi connectivity index (χ0) is 14.5. The molecule has 1 aromatic carbocycles. The molecule has 7 heteroatoms. The third-order valence-corrected chi connectivity index (χ3v) is 3.76. The van der Waals surface area contributed by atoms with Crippen molar-refractivity contribution in [3.8, 4) is 11.3 Å². The van der Waals surface area contributed by atoms with Gasteiger partial charge >= 0.3 is 0 Å². The quantitative estimate of drug-likeness (QED) is 0.895. The summed E-state index contributed by atoms with van der Waals surface area (Å²) in [5.74, 6) is -0.0129. The van der Waals surface area contributed by atoms with Gasteiger partial charge in [0.25, 0.3) is 0 Å². The zero-order valence-corrected chi connectivity index (χ0v) is 12.2. The van der Waals surface area contributed by atoms with Gasteiger partial charge in [-0.2, -0.15) is 0 Å². The number of morpholine rings is 1. The predicted molar refractivity (Wildman–Crippen MR) is 81.2 cm³/mol. The molecule has 0 spiro atoms. The second-order valence-electron chi connectivity index (χ2n) is 4.85. The van der Waals surface area contributed by atoms with E-state index in [1.54, 1.807) is 0 Å². The Morgan fingerprint density at radius 3 is 2.95 bits per heavy atom. The molecule has 1 unspecified atom stereocenters. The molecular weight excluding hydrogens is 288 g/mol. The van der Waals surface area contributed by atoms with Gasteiger partial charge in [0.15, 0.2) is 0 Å². The van der Waals surface area contributed by atoms with E-state index in [4.69, 9.17) is 4.74 Å². The SMILES string of the molecule is O=C(CC1COCCN1)Nc1ccc(-c2csnn2)cc1. The summed E-state index contributed by atoms with van der Waals surface area (Å²) >= 11 is 1.32. The highest BCUT2D eigenvalue weighted by molar-refractivity contribution is 7.03. The lowest BCUT2D eigenvalue weighted by molar-refractivity contribution is -0.117. The third-order valence-electron chi connectivity index (χ3n) is 3.25. The highest BCUT2D eigenvalue weighted by Gasteiger charge is 2.16. The van der Waals surface area contributed by atoms with Crippen LogP contribution in [0.5, 0.6) is 0 Å². The van der Waals surface area contributed by atoms with E-state index in [1.165, 1.54) is 11.5 Å². The number of hydrogen-bond donors (Lipinski definition) is 2. The topological polar surface area (TPSA) is 76.1 Å². The van der Waals surface area contributed by atoms with E-state index in [-0.39, 0.29) is 11.9 Å². The van der Waals surface area contributed by atoms with Crippen LogP contribution in [-0.4, -0.2) is 41.3 Å². The van der Waals surface area contributed by atoms with Crippen molar-refractivity contribution in [1.82, 2.24) is 14.9 Å².